The van der Waals surface area contributed by atoms with E-state index < -0.39 is 0 Å². The van der Waals surface area contributed by atoms with Gasteiger partial charge in [-0.1, -0.05) is 18.2 Å². The molecule has 0 heterocycles. The third-order valence-electron chi connectivity index (χ3n) is 2.26. The second-order valence-corrected chi connectivity index (χ2v) is 5.52. The maximum Gasteiger partial charge on any atom is 0.171 e. The predicted octanol–water partition coefficient (Wildman–Crippen LogP) is 3.97. The third-order valence-corrected chi connectivity index (χ3v) is 4.29. The van der Waals surface area contributed by atoms with Crippen LogP contribution in [-0.4, -0.2) is 10.2 Å². The van der Waals surface area contributed by atoms with Crippen LogP contribution in [0.1, 0.15) is 0 Å². The van der Waals surface area contributed by atoms with Gasteiger partial charge in [0.05, 0.1) is 3.57 Å². The van der Waals surface area contributed by atoms with Gasteiger partial charge in [0.25, 0.3) is 0 Å². The van der Waals surface area contributed by atoms with Crippen LogP contribution in [0.2, 0.25) is 0 Å². The molecule has 0 saturated carbocycles. The fraction of sp³-hybridized carbons (Fsp3) is 0. The van der Waals surface area contributed by atoms with Gasteiger partial charge in [-0.25, -0.2) is 0 Å². The van der Waals surface area contributed by atoms with Crippen molar-refractivity contribution in [2.45, 2.75) is 0 Å². The number of rotatable bonds is 1. The van der Waals surface area contributed by atoms with E-state index >= 15 is 0 Å². The van der Waals surface area contributed by atoms with Gasteiger partial charge in [0.1, 0.15) is 0 Å². The number of hydrogen-bond acceptors (Lipinski definition) is 2. The van der Waals surface area contributed by atoms with E-state index in [2.05, 4.69) is 22.6 Å². The Morgan fingerprint density at radius 1 is 0.812 bits per heavy atom. The first kappa shape index (κ1) is 12.0. The SMILES string of the molecule is Oc1ccc(-c2ccccc2I)c(I)c1O. The fourth-order valence-electron chi connectivity index (χ4n) is 1.44. The highest BCUT2D eigenvalue weighted by Crippen LogP contribution is 2.38. The van der Waals surface area contributed by atoms with Crippen LogP contribution in [0.3, 0.4) is 0 Å². The molecule has 0 unspecified atom stereocenters. The van der Waals surface area contributed by atoms with Crippen LogP contribution in [0.25, 0.3) is 11.1 Å². The lowest BCUT2D eigenvalue weighted by Crippen LogP contribution is -1.87. The van der Waals surface area contributed by atoms with Crippen molar-refractivity contribution in [1.29, 1.82) is 0 Å². The van der Waals surface area contributed by atoms with Crippen molar-refractivity contribution in [3.63, 3.8) is 0 Å². The standard InChI is InChI=1S/C12H8I2O2/c13-9-4-2-1-3-7(9)8-5-6-10(15)12(16)11(8)14/h1-6,15-16H. The molecule has 0 aromatic heterocycles. The molecule has 2 aromatic rings. The van der Waals surface area contributed by atoms with Crippen molar-refractivity contribution in [1.82, 2.24) is 0 Å². The molecule has 2 N–H and O–H groups in total. The van der Waals surface area contributed by atoms with Gasteiger partial charge in [0.2, 0.25) is 0 Å². The van der Waals surface area contributed by atoms with Gasteiger partial charge in [0, 0.05) is 9.13 Å². The molecule has 0 saturated heterocycles. The van der Waals surface area contributed by atoms with Gasteiger partial charge < -0.3 is 10.2 Å². The summed E-state index contributed by atoms with van der Waals surface area (Å²) in [7, 11) is 0. The minimum atomic E-state index is -0.0842. The summed E-state index contributed by atoms with van der Waals surface area (Å²) in [4.78, 5) is 0. The molecule has 0 bridgehead atoms. The molecule has 0 amide bonds. The first-order chi connectivity index (χ1) is 7.61. The van der Waals surface area contributed by atoms with E-state index in [1.807, 2.05) is 52.9 Å². The minimum absolute atomic E-state index is 0.0576. The highest BCUT2D eigenvalue weighted by Gasteiger charge is 2.12. The Morgan fingerprint density at radius 2 is 1.50 bits per heavy atom. The Labute approximate surface area is 121 Å². The van der Waals surface area contributed by atoms with Gasteiger partial charge in [-0.2, -0.15) is 0 Å². The van der Waals surface area contributed by atoms with Crippen molar-refractivity contribution in [2.24, 2.45) is 0 Å². The molecule has 0 aliphatic carbocycles. The molecule has 2 rings (SSSR count). The molecule has 0 spiro atoms. The Bertz CT molecular complexity index is 539. The average molecular weight is 438 g/mol. The second kappa shape index (κ2) is 4.79. The summed E-state index contributed by atoms with van der Waals surface area (Å²) in [5.74, 6) is -0.142. The maximum absolute atomic E-state index is 9.68. The lowest BCUT2D eigenvalue weighted by Gasteiger charge is -2.09. The Morgan fingerprint density at radius 3 is 2.19 bits per heavy atom. The van der Waals surface area contributed by atoms with E-state index in [4.69, 9.17) is 0 Å². The molecular weight excluding hydrogens is 430 g/mol. The van der Waals surface area contributed by atoms with E-state index in [1.165, 1.54) is 6.07 Å². The molecule has 4 heteroatoms. The third kappa shape index (κ3) is 2.13. The van der Waals surface area contributed by atoms with Gasteiger partial charge in [-0.3, -0.25) is 0 Å². The van der Waals surface area contributed by atoms with Crippen LogP contribution in [0.4, 0.5) is 0 Å². The van der Waals surface area contributed by atoms with E-state index in [-0.39, 0.29) is 11.5 Å². The molecule has 2 aromatic carbocycles. The summed E-state index contributed by atoms with van der Waals surface area (Å²) in [5.41, 5.74) is 1.99. The minimum Gasteiger partial charge on any atom is -0.504 e. The van der Waals surface area contributed by atoms with Crippen LogP contribution >= 0.6 is 45.2 Å². The number of hydrogen-bond donors (Lipinski definition) is 2. The summed E-state index contributed by atoms with van der Waals surface area (Å²) in [5, 5.41) is 19.1. The molecule has 2 nitrogen and oxygen atoms in total. The van der Waals surface area contributed by atoms with Crippen molar-refractivity contribution in [2.75, 3.05) is 0 Å². The average Bonchev–Trinajstić information content (AvgIpc) is 2.28. The summed E-state index contributed by atoms with van der Waals surface area (Å²) in [6, 6.07) is 11.3. The Balaban J connectivity index is 2.66. The van der Waals surface area contributed by atoms with Crippen molar-refractivity contribution in [3.05, 3.63) is 43.5 Å². The zero-order valence-electron chi connectivity index (χ0n) is 8.11. The zero-order valence-corrected chi connectivity index (χ0v) is 12.4. The zero-order chi connectivity index (χ0) is 11.7. The number of aromatic hydroxyl groups is 2. The van der Waals surface area contributed by atoms with Crippen LogP contribution < -0.4 is 0 Å². The predicted molar refractivity (Wildman–Crippen MR) is 80.6 cm³/mol. The number of phenolic OH excluding ortho intramolecular Hbond substituents is 2. The monoisotopic (exact) mass is 438 g/mol. The first-order valence-electron chi connectivity index (χ1n) is 4.56. The quantitative estimate of drug-likeness (QED) is 0.523. The van der Waals surface area contributed by atoms with E-state index in [0.717, 1.165) is 14.7 Å². The Kier molecular flexibility index (Phi) is 3.58. The molecule has 0 radical (unpaired) electrons. The van der Waals surface area contributed by atoms with Crippen molar-refractivity contribution < 1.29 is 10.2 Å². The van der Waals surface area contributed by atoms with Gasteiger partial charge >= 0.3 is 0 Å². The lowest BCUT2D eigenvalue weighted by atomic mass is 10.1. The first-order valence-corrected chi connectivity index (χ1v) is 6.72. The fourth-order valence-corrected chi connectivity index (χ4v) is 2.87. The molecule has 16 heavy (non-hydrogen) atoms. The highest BCUT2D eigenvalue weighted by atomic mass is 127. The summed E-state index contributed by atoms with van der Waals surface area (Å²) >= 11 is 4.29. The smallest absolute Gasteiger partial charge is 0.171 e. The highest BCUT2D eigenvalue weighted by molar-refractivity contribution is 14.1. The van der Waals surface area contributed by atoms with Crippen LogP contribution in [0.15, 0.2) is 36.4 Å². The largest absolute Gasteiger partial charge is 0.504 e. The molecule has 0 aliphatic heterocycles. The van der Waals surface area contributed by atoms with E-state index in [1.54, 1.807) is 0 Å². The molecule has 0 aliphatic rings. The summed E-state index contributed by atoms with van der Waals surface area (Å²) < 4.78 is 1.78. The summed E-state index contributed by atoms with van der Waals surface area (Å²) in [6.07, 6.45) is 0. The van der Waals surface area contributed by atoms with Crippen LogP contribution in [-0.2, 0) is 0 Å². The van der Waals surface area contributed by atoms with E-state index in [9.17, 15) is 10.2 Å². The van der Waals surface area contributed by atoms with Crippen LogP contribution in [0.5, 0.6) is 11.5 Å². The Hall–Kier alpha value is -0.500. The topological polar surface area (TPSA) is 40.5 Å². The number of halogens is 2. The molecule has 0 fully saturated rings. The van der Waals surface area contributed by atoms with Gasteiger partial charge in [0.15, 0.2) is 11.5 Å². The van der Waals surface area contributed by atoms with Crippen molar-refractivity contribution >= 4 is 45.2 Å². The lowest BCUT2D eigenvalue weighted by molar-refractivity contribution is 0.401. The second-order valence-electron chi connectivity index (χ2n) is 3.27. The van der Waals surface area contributed by atoms with Gasteiger partial charge in [-0.15, -0.1) is 0 Å². The maximum atomic E-state index is 9.68. The van der Waals surface area contributed by atoms with E-state index in [0.29, 0.717) is 3.57 Å². The van der Waals surface area contributed by atoms with Crippen LogP contribution in [0, 0.1) is 7.14 Å². The van der Waals surface area contributed by atoms with Crippen molar-refractivity contribution in [3.8, 4) is 22.6 Å². The summed E-state index contributed by atoms with van der Waals surface area (Å²) in [6.45, 7) is 0. The number of benzene rings is 2. The normalized spacial score (nSPS) is 10.4. The number of phenols is 2. The van der Waals surface area contributed by atoms with Gasteiger partial charge in [-0.05, 0) is 68.9 Å². The molecule has 0 atom stereocenters. The molecule has 82 valence electrons. The molecular formula is C12H8I2O2.